The van der Waals surface area contributed by atoms with E-state index in [2.05, 4.69) is 30.5 Å². The molecule has 1 heterocycles. The quantitative estimate of drug-likeness (QED) is 0.353. The average Bonchev–Trinajstić information content (AvgIpc) is 3.21. The van der Waals surface area contributed by atoms with Gasteiger partial charge < -0.3 is 24.8 Å². The minimum Gasteiger partial charge on any atom is -0.496 e. The highest BCUT2D eigenvalue weighted by Crippen LogP contribution is 2.26. The molecule has 1 fully saturated rings. The summed E-state index contributed by atoms with van der Waals surface area (Å²) < 4.78 is 16.7. The molecule has 0 spiro atoms. The van der Waals surface area contributed by atoms with E-state index < -0.39 is 0 Å². The average molecular weight is 378 g/mol. The van der Waals surface area contributed by atoms with Crippen LogP contribution in [0.15, 0.2) is 29.3 Å². The van der Waals surface area contributed by atoms with Gasteiger partial charge in [-0.1, -0.05) is 25.1 Å². The van der Waals surface area contributed by atoms with Gasteiger partial charge in [0, 0.05) is 38.8 Å². The Balaban J connectivity index is 1.71. The van der Waals surface area contributed by atoms with E-state index >= 15 is 0 Å². The lowest BCUT2D eigenvalue weighted by Crippen LogP contribution is -2.38. The zero-order valence-corrected chi connectivity index (χ0v) is 17.0. The molecule has 27 heavy (non-hydrogen) atoms. The molecule has 2 N–H and O–H groups in total. The van der Waals surface area contributed by atoms with Gasteiger partial charge in [0.2, 0.25) is 0 Å². The van der Waals surface area contributed by atoms with Crippen molar-refractivity contribution in [1.29, 1.82) is 0 Å². The van der Waals surface area contributed by atoms with Crippen molar-refractivity contribution in [2.75, 3.05) is 46.6 Å². The molecule has 0 bridgehead atoms. The fourth-order valence-corrected chi connectivity index (χ4v) is 3.11. The first-order valence-corrected chi connectivity index (χ1v) is 10.1. The standard InChI is InChI=1S/C21H35N3O3/c1-4-22-21(23-12-8-13-26-16-18-9-7-14-27-18)24-15-17(2)19-10-5-6-11-20(19)25-3/h5-6,10-11,17-18H,4,7-9,12-16H2,1-3H3,(H2,22,23,24). The highest BCUT2D eigenvalue weighted by Gasteiger charge is 2.15. The fraction of sp³-hybridized carbons (Fsp3) is 0.667. The van der Waals surface area contributed by atoms with E-state index in [-0.39, 0.29) is 5.92 Å². The zero-order valence-electron chi connectivity index (χ0n) is 17.0. The highest BCUT2D eigenvalue weighted by atomic mass is 16.5. The molecule has 2 rings (SSSR count). The molecule has 1 aromatic carbocycles. The van der Waals surface area contributed by atoms with Crippen LogP contribution in [0.25, 0.3) is 0 Å². The number of ether oxygens (including phenoxy) is 3. The van der Waals surface area contributed by atoms with Gasteiger partial charge in [0.1, 0.15) is 5.75 Å². The van der Waals surface area contributed by atoms with Crippen LogP contribution >= 0.6 is 0 Å². The molecule has 0 aliphatic carbocycles. The highest BCUT2D eigenvalue weighted by molar-refractivity contribution is 5.79. The number of hydrogen-bond acceptors (Lipinski definition) is 4. The molecule has 0 aromatic heterocycles. The molecule has 0 amide bonds. The summed E-state index contributed by atoms with van der Waals surface area (Å²) in [6.45, 7) is 8.95. The van der Waals surface area contributed by atoms with Gasteiger partial charge >= 0.3 is 0 Å². The third-order valence-corrected chi connectivity index (χ3v) is 4.62. The van der Waals surface area contributed by atoms with Crippen molar-refractivity contribution in [3.63, 3.8) is 0 Å². The molecule has 1 aromatic rings. The second-order valence-corrected chi connectivity index (χ2v) is 6.85. The second kappa shape index (κ2) is 12.6. The SMILES string of the molecule is CCNC(=NCC(C)c1ccccc1OC)NCCCOCC1CCCO1. The van der Waals surface area contributed by atoms with Crippen LogP contribution in [0.4, 0.5) is 0 Å². The maximum absolute atomic E-state index is 5.70. The molecule has 1 saturated heterocycles. The van der Waals surface area contributed by atoms with Crippen molar-refractivity contribution in [2.24, 2.45) is 4.99 Å². The van der Waals surface area contributed by atoms with Crippen LogP contribution in [0.3, 0.4) is 0 Å². The number of benzene rings is 1. The van der Waals surface area contributed by atoms with Crippen LogP contribution in [0.2, 0.25) is 0 Å². The van der Waals surface area contributed by atoms with Gasteiger partial charge in [-0.05, 0) is 37.8 Å². The predicted molar refractivity (Wildman–Crippen MR) is 110 cm³/mol. The summed E-state index contributed by atoms with van der Waals surface area (Å²) in [5.41, 5.74) is 1.18. The van der Waals surface area contributed by atoms with Crippen molar-refractivity contribution < 1.29 is 14.2 Å². The summed E-state index contributed by atoms with van der Waals surface area (Å²) in [6, 6.07) is 8.13. The van der Waals surface area contributed by atoms with Gasteiger partial charge in [-0.25, -0.2) is 0 Å². The van der Waals surface area contributed by atoms with Crippen molar-refractivity contribution in [3.8, 4) is 5.75 Å². The molecule has 6 heteroatoms. The first-order valence-electron chi connectivity index (χ1n) is 10.1. The maximum Gasteiger partial charge on any atom is 0.191 e. The van der Waals surface area contributed by atoms with Gasteiger partial charge in [0.15, 0.2) is 5.96 Å². The lowest BCUT2D eigenvalue weighted by Gasteiger charge is -2.16. The Bertz CT molecular complexity index is 559. The molecule has 1 aliphatic rings. The van der Waals surface area contributed by atoms with E-state index in [9.17, 15) is 0 Å². The molecular weight excluding hydrogens is 342 g/mol. The summed E-state index contributed by atoms with van der Waals surface area (Å²) in [4.78, 5) is 4.72. The van der Waals surface area contributed by atoms with Crippen molar-refractivity contribution in [3.05, 3.63) is 29.8 Å². The number of nitrogens with zero attached hydrogens (tertiary/aromatic N) is 1. The van der Waals surface area contributed by atoms with Crippen molar-refractivity contribution in [1.82, 2.24) is 10.6 Å². The third kappa shape index (κ3) is 7.77. The molecule has 6 nitrogen and oxygen atoms in total. The smallest absolute Gasteiger partial charge is 0.191 e. The summed E-state index contributed by atoms with van der Waals surface area (Å²) in [5, 5.41) is 6.68. The third-order valence-electron chi connectivity index (χ3n) is 4.62. The van der Waals surface area contributed by atoms with E-state index in [1.54, 1.807) is 7.11 Å². The molecule has 0 radical (unpaired) electrons. The first kappa shape index (κ1) is 21.5. The van der Waals surface area contributed by atoms with Crippen molar-refractivity contribution in [2.45, 2.75) is 45.1 Å². The molecule has 2 unspecified atom stereocenters. The van der Waals surface area contributed by atoms with E-state index in [4.69, 9.17) is 19.2 Å². The Kier molecular flexibility index (Phi) is 10.0. The number of nitrogens with one attached hydrogen (secondary N) is 2. The second-order valence-electron chi connectivity index (χ2n) is 6.85. The Morgan fingerprint density at radius 3 is 2.93 bits per heavy atom. The lowest BCUT2D eigenvalue weighted by atomic mass is 10.0. The van der Waals surface area contributed by atoms with Crippen LogP contribution in [0.1, 0.15) is 44.6 Å². The monoisotopic (exact) mass is 377 g/mol. The minimum absolute atomic E-state index is 0.284. The number of methoxy groups -OCH3 is 1. The normalized spacial score (nSPS) is 18.3. The van der Waals surface area contributed by atoms with Gasteiger partial charge in [0.25, 0.3) is 0 Å². The Labute approximate surface area is 163 Å². The summed E-state index contributed by atoms with van der Waals surface area (Å²) in [7, 11) is 1.71. The van der Waals surface area contributed by atoms with Crippen LogP contribution < -0.4 is 15.4 Å². The van der Waals surface area contributed by atoms with E-state index in [0.717, 1.165) is 57.3 Å². The molecule has 1 aliphatic heterocycles. The molecule has 152 valence electrons. The topological polar surface area (TPSA) is 64.1 Å². The number of rotatable bonds is 11. The maximum atomic E-state index is 5.70. The Hall–Kier alpha value is -1.79. The van der Waals surface area contributed by atoms with Crippen LogP contribution in [0.5, 0.6) is 5.75 Å². The van der Waals surface area contributed by atoms with Gasteiger partial charge in [-0.3, -0.25) is 4.99 Å². The van der Waals surface area contributed by atoms with E-state index in [1.165, 1.54) is 5.56 Å². The largest absolute Gasteiger partial charge is 0.496 e. The Morgan fingerprint density at radius 1 is 1.33 bits per heavy atom. The zero-order chi connectivity index (χ0) is 19.3. The summed E-state index contributed by atoms with van der Waals surface area (Å²) in [5.74, 6) is 2.05. The first-order chi connectivity index (χ1) is 13.2. The molecule has 2 atom stereocenters. The van der Waals surface area contributed by atoms with Crippen LogP contribution in [-0.4, -0.2) is 58.6 Å². The van der Waals surface area contributed by atoms with Crippen LogP contribution in [0, 0.1) is 0 Å². The Morgan fingerprint density at radius 2 is 2.19 bits per heavy atom. The van der Waals surface area contributed by atoms with Gasteiger partial charge in [0.05, 0.1) is 19.8 Å². The minimum atomic E-state index is 0.284. The lowest BCUT2D eigenvalue weighted by molar-refractivity contribution is 0.0168. The molecule has 0 saturated carbocycles. The van der Waals surface area contributed by atoms with Gasteiger partial charge in [-0.2, -0.15) is 0 Å². The van der Waals surface area contributed by atoms with Crippen molar-refractivity contribution >= 4 is 5.96 Å². The van der Waals surface area contributed by atoms with Gasteiger partial charge in [-0.15, -0.1) is 0 Å². The number of para-hydroxylation sites is 1. The van der Waals surface area contributed by atoms with E-state index in [0.29, 0.717) is 19.3 Å². The van der Waals surface area contributed by atoms with Crippen LogP contribution in [-0.2, 0) is 9.47 Å². The molecular formula is C21H35N3O3. The number of guanidine groups is 1. The summed E-state index contributed by atoms with van der Waals surface area (Å²) in [6.07, 6.45) is 3.53. The number of hydrogen-bond donors (Lipinski definition) is 2. The predicted octanol–water partition coefficient (Wildman–Crippen LogP) is 2.94. The number of aliphatic imine (C=N–C) groups is 1. The van der Waals surface area contributed by atoms with E-state index in [1.807, 2.05) is 18.2 Å². The fourth-order valence-electron chi connectivity index (χ4n) is 3.11. The summed E-state index contributed by atoms with van der Waals surface area (Å²) >= 11 is 0.